The van der Waals surface area contributed by atoms with Gasteiger partial charge in [0.2, 0.25) is 5.91 Å². The molecule has 3 aromatic carbocycles. The lowest BCUT2D eigenvalue weighted by Gasteiger charge is -2.41. The van der Waals surface area contributed by atoms with Crippen molar-refractivity contribution in [3.8, 4) is 0 Å². The fourth-order valence-electron chi connectivity index (χ4n) is 4.74. The molecule has 1 atom stereocenters. The summed E-state index contributed by atoms with van der Waals surface area (Å²) in [6, 6.07) is 22.7. The van der Waals surface area contributed by atoms with Gasteiger partial charge in [-0.05, 0) is 48.2 Å². The Morgan fingerprint density at radius 2 is 1.71 bits per heavy atom. The van der Waals surface area contributed by atoms with Crippen molar-refractivity contribution in [3.63, 3.8) is 0 Å². The zero-order valence-corrected chi connectivity index (χ0v) is 20.2. The van der Waals surface area contributed by atoms with Crippen molar-refractivity contribution in [3.05, 3.63) is 99.5 Å². The minimum absolute atomic E-state index is 0.159. The second-order valence-corrected chi connectivity index (χ2v) is 9.80. The van der Waals surface area contributed by atoms with E-state index in [-0.39, 0.29) is 11.4 Å². The van der Waals surface area contributed by atoms with E-state index >= 15 is 0 Å². The largest absolute Gasteiger partial charge is 0.356 e. The number of benzodiazepines with no additional fused rings is 1. The van der Waals surface area contributed by atoms with E-state index in [0.717, 1.165) is 48.5 Å². The molecule has 7 heteroatoms. The van der Waals surface area contributed by atoms with Crippen molar-refractivity contribution in [1.82, 2.24) is 4.90 Å². The van der Waals surface area contributed by atoms with Crippen LogP contribution in [0.1, 0.15) is 29.5 Å². The summed E-state index contributed by atoms with van der Waals surface area (Å²) in [5, 5.41) is 4.27. The van der Waals surface area contributed by atoms with Gasteiger partial charge in [0.1, 0.15) is 11.9 Å². The van der Waals surface area contributed by atoms with Crippen molar-refractivity contribution in [2.24, 2.45) is 10.7 Å². The van der Waals surface area contributed by atoms with E-state index in [4.69, 9.17) is 33.9 Å². The van der Waals surface area contributed by atoms with Crippen LogP contribution in [0.15, 0.2) is 77.8 Å². The average Bonchev–Trinajstić information content (AvgIpc) is 2.98. The molecular formula is C27H26Cl2N4O. The fraction of sp³-hybridized carbons (Fsp3) is 0.259. The summed E-state index contributed by atoms with van der Waals surface area (Å²) in [5.74, 6) is 0.607. The van der Waals surface area contributed by atoms with E-state index in [9.17, 15) is 4.79 Å². The molecule has 2 aliphatic rings. The Bertz CT molecular complexity index is 1240. The Morgan fingerprint density at radius 1 is 1.00 bits per heavy atom. The maximum absolute atomic E-state index is 13.2. The van der Waals surface area contributed by atoms with E-state index in [2.05, 4.69) is 22.3 Å². The molecule has 0 bridgehead atoms. The van der Waals surface area contributed by atoms with Gasteiger partial charge in [-0.15, -0.1) is 0 Å². The molecule has 0 saturated carbocycles. The molecule has 1 fully saturated rings. The highest BCUT2D eigenvalue weighted by atomic mass is 35.5. The van der Waals surface area contributed by atoms with Gasteiger partial charge in [-0.1, -0.05) is 71.7 Å². The first-order valence-corrected chi connectivity index (χ1v) is 12.2. The smallest absolute Gasteiger partial charge is 0.249 e. The number of benzene rings is 3. The molecule has 5 rings (SSSR count). The number of nitrogens with one attached hydrogen (secondary N) is 1. The number of halogens is 2. The number of rotatable bonds is 3. The van der Waals surface area contributed by atoms with E-state index in [1.54, 1.807) is 6.07 Å². The summed E-state index contributed by atoms with van der Waals surface area (Å²) in [7, 11) is 0. The molecule has 1 amide bonds. The molecule has 174 valence electrons. The number of hydrogen-bond donors (Lipinski definition) is 2. The second kappa shape index (κ2) is 9.41. The lowest BCUT2D eigenvalue weighted by atomic mass is 9.82. The summed E-state index contributed by atoms with van der Waals surface area (Å²) in [5.41, 5.74) is 10.0. The number of piperidine rings is 1. The monoisotopic (exact) mass is 492 g/mol. The number of amidine groups is 1. The van der Waals surface area contributed by atoms with Crippen LogP contribution in [0, 0.1) is 0 Å². The topological polar surface area (TPSA) is 70.7 Å². The van der Waals surface area contributed by atoms with E-state index < -0.39 is 6.04 Å². The molecule has 0 aliphatic carbocycles. The Hall–Kier alpha value is -2.86. The SMILES string of the molecule is NC1(c2ccccc2)CCN(C2=NC(Cc3ccccc3Cl)C(=O)Nc3ccc(Cl)cc32)CC1. The van der Waals surface area contributed by atoms with E-state index in [1.165, 1.54) is 0 Å². The number of hydrogen-bond acceptors (Lipinski definition) is 4. The second-order valence-electron chi connectivity index (χ2n) is 8.95. The minimum atomic E-state index is -0.611. The number of nitrogens with zero attached hydrogens (tertiary/aromatic N) is 2. The van der Waals surface area contributed by atoms with Gasteiger partial charge in [-0.3, -0.25) is 9.79 Å². The summed E-state index contributed by atoms with van der Waals surface area (Å²) >= 11 is 12.8. The number of aliphatic imine (C=N–C) groups is 1. The Labute approximate surface area is 209 Å². The molecule has 0 radical (unpaired) electrons. The van der Waals surface area contributed by atoms with Crippen LogP contribution < -0.4 is 11.1 Å². The zero-order chi connectivity index (χ0) is 23.7. The van der Waals surface area contributed by atoms with E-state index in [1.807, 2.05) is 54.6 Å². The van der Waals surface area contributed by atoms with Crippen molar-refractivity contribution >= 4 is 40.6 Å². The summed E-state index contributed by atoms with van der Waals surface area (Å²) in [4.78, 5) is 20.4. The third kappa shape index (κ3) is 4.56. The van der Waals surface area contributed by atoms with Crippen LogP contribution in [0.4, 0.5) is 5.69 Å². The number of amides is 1. The number of anilines is 1. The highest BCUT2D eigenvalue weighted by molar-refractivity contribution is 6.31. The first kappa shape index (κ1) is 22.9. The maximum atomic E-state index is 13.2. The molecular weight excluding hydrogens is 467 g/mol. The van der Waals surface area contributed by atoms with Gasteiger partial charge in [0, 0.05) is 40.7 Å². The summed E-state index contributed by atoms with van der Waals surface area (Å²) in [6.45, 7) is 1.45. The molecule has 0 spiro atoms. The molecule has 3 aromatic rings. The number of carbonyl (C=O) groups excluding carboxylic acids is 1. The third-order valence-electron chi connectivity index (χ3n) is 6.74. The number of fused-ring (bicyclic) bond motifs is 1. The molecule has 3 N–H and O–H groups in total. The molecule has 1 saturated heterocycles. The van der Waals surface area contributed by atoms with Gasteiger partial charge in [0.05, 0.1) is 5.69 Å². The molecule has 5 nitrogen and oxygen atoms in total. The number of likely N-dealkylation sites (tertiary alicyclic amines) is 1. The Balaban J connectivity index is 1.48. The molecule has 0 aromatic heterocycles. The van der Waals surface area contributed by atoms with Crippen LogP contribution in [-0.4, -0.2) is 35.8 Å². The summed E-state index contributed by atoms with van der Waals surface area (Å²) in [6.07, 6.45) is 1.97. The fourth-order valence-corrected chi connectivity index (χ4v) is 5.13. The molecule has 2 heterocycles. The van der Waals surface area contributed by atoms with Crippen LogP contribution in [0.25, 0.3) is 0 Å². The van der Waals surface area contributed by atoms with Gasteiger partial charge in [-0.25, -0.2) is 0 Å². The Kier molecular flexibility index (Phi) is 6.34. The van der Waals surface area contributed by atoms with Crippen molar-refractivity contribution < 1.29 is 4.79 Å². The quantitative estimate of drug-likeness (QED) is 0.524. The van der Waals surface area contributed by atoms with Crippen LogP contribution in [0.2, 0.25) is 10.0 Å². The Morgan fingerprint density at radius 3 is 2.44 bits per heavy atom. The van der Waals surface area contributed by atoms with Gasteiger partial charge >= 0.3 is 0 Å². The lowest BCUT2D eigenvalue weighted by Crippen LogP contribution is -2.50. The van der Waals surface area contributed by atoms with Crippen LogP contribution >= 0.6 is 23.2 Å². The lowest BCUT2D eigenvalue weighted by molar-refractivity contribution is -0.117. The highest BCUT2D eigenvalue weighted by Gasteiger charge is 2.35. The predicted octanol–water partition coefficient (Wildman–Crippen LogP) is 5.25. The van der Waals surface area contributed by atoms with Crippen LogP contribution in [0.3, 0.4) is 0 Å². The minimum Gasteiger partial charge on any atom is -0.356 e. The molecule has 34 heavy (non-hydrogen) atoms. The standard InChI is InChI=1S/C27H26Cl2N4O/c28-20-10-11-23-21(17-20)25(31-24(26(34)32-23)16-18-6-4-5-9-22(18)29)33-14-12-27(30,13-15-33)19-7-2-1-3-8-19/h1-11,17,24H,12-16,30H2,(H,32,34). The van der Waals surface area contributed by atoms with Crippen LogP contribution in [0.5, 0.6) is 0 Å². The van der Waals surface area contributed by atoms with Gasteiger partial charge in [0.25, 0.3) is 0 Å². The third-order valence-corrected chi connectivity index (χ3v) is 7.34. The normalized spacial score (nSPS) is 19.6. The first-order chi connectivity index (χ1) is 16.4. The average molecular weight is 493 g/mol. The number of carbonyl (C=O) groups is 1. The molecule has 2 aliphatic heterocycles. The van der Waals surface area contributed by atoms with Crippen molar-refractivity contribution in [2.45, 2.75) is 30.8 Å². The first-order valence-electron chi connectivity index (χ1n) is 11.4. The van der Waals surface area contributed by atoms with Gasteiger partial charge in [0.15, 0.2) is 0 Å². The van der Waals surface area contributed by atoms with Gasteiger partial charge in [-0.2, -0.15) is 0 Å². The zero-order valence-electron chi connectivity index (χ0n) is 18.7. The highest BCUT2D eigenvalue weighted by Crippen LogP contribution is 2.33. The van der Waals surface area contributed by atoms with Crippen molar-refractivity contribution in [1.29, 1.82) is 0 Å². The van der Waals surface area contributed by atoms with Gasteiger partial charge < -0.3 is 16.0 Å². The van der Waals surface area contributed by atoms with E-state index in [0.29, 0.717) is 22.2 Å². The summed E-state index contributed by atoms with van der Waals surface area (Å²) < 4.78 is 0. The van der Waals surface area contributed by atoms with Crippen LogP contribution in [-0.2, 0) is 16.8 Å². The van der Waals surface area contributed by atoms with Crippen molar-refractivity contribution in [2.75, 3.05) is 18.4 Å². The predicted molar refractivity (Wildman–Crippen MR) is 139 cm³/mol. The number of nitrogens with two attached hydrogens (primary N) is 1. The molecule has 1 unspecified atom stereocenters. The maximum Gasteiger partial charge on any atom is 0.249 e.